The van der Waals surface area contributed by atoms with Gasteiger partial charge in [-0.3, -0.25) is 0 Å². The molecule has 2 aromatic carbocycles. The average Bonchev–Trinajstić information content (AvgIpc) is 3.11. The molecule has 0 unspecified atom stereocenters. The number of urea groups is 1. The fraction of sp³-hybridized carbons (Fsp3) is 0.364. The van der Waals surface area contributed by atoms with E-state index in [4.69, 9.17) is 9.72 Å². The van der Waals surface area contributed by atoms with Crippen LogP contribution in [0.4, 0.5) is 10.5 Å². The highest BCUT2D eigenvalue weighted by atomic mass is 16.5. The number of aromatic nitrogens is 2. The summed E-state index contributed by atoms with van der Waals surface area (Å²) < 4.78 is 5.21. The topological polar surface area (TPSA) is 70.2 Å². The Balaban J connectivity index is 1.39. The zero-order valence-corrected chi connectivity index (χ0v) is 16.6. The van der Waals surface area contributed by atoms with E-state index in [9.17, 15) is 4.79 Å². The van der Waals surface area contributed by atoms with Crippen LogP contribution in [-0.4, -0.2) is 41.1 Å². The minimum atomic E-state index is -0.0671. The van der Waals surface area contributed by atoms with Gasteiger partial charge in [-0.2, -0.15) is 0 Å². The van der Waals surface area contributed by atoms with Crippen molar-refractivity contribution in [3.8, 4) is 5.75 Å². The number of carbonyl (C=O) groups is 1. The molecule has 1 aliphatic heterocycles. The number of H-pyrrole nitrogens is 1. The highest BCUT2D eigenvalue weighted by molar-refractivity contribution is 5.89. The fourth-order valence-electron chi connectivity index (χ4n) is 3.74. The molecule has 6 heteroatoms. The van der Waals surface area contributed by atoms with Crippen molar-refractivity contribution < 1.29 is 9.53 Å². The van der Waals surface area contributed by atoms with E-state index in [0.29, 0.717) is 5.92 Å². The van der Waals surface area contributed by atoms with E-state index < -0.39 is 0 Å². The molecule has 0 radical (unpaired) electrons. The van der Waals surface area contributed by atoms with Gasteiger partial charge in [0.25, 0.3) is 0 Å². The SMILES string of the molecule is COc1cccc(NC(=O)N2CCC(c3nc4cc(C)c(C)cc4[nH]3)CC2)c1. The molecule has 0 saturated carbocycles. The largest absolute Gasteiger partial charge is 0.497 e. The number of hydrogen-bond donors (Lipinski definition) is 2. The molecule has 0 atom stereocenters. The molecule has 1 aromatic heterocycles. The number of fused-ring (bicyclic) bond motifs is 1. The van der Waals surface area contributed by atoms with E-state index in [1.54, 1.807) is 7.11 Å². The molecule has 6 nitrogen and oxygen atoms in total. The van der Waals surface area contributed by atoms with Gasteiger partial charge in [0.15, 0.2) is 0 Å². The summed E-state index contributed by atoms with van der Waals surface area (Å²) in [5.74, 6) is 2.12. The lowest BCUT2D eigenvalue weighted by Gasteiger charge is -2.31. The summed E-state index contributed by atoms with van der Waals surface area (Å²) in [5, 5.41) is 2.96. The van der Waals surface area contributed by atoms with Crippen molar-refractivity contribution in [2.75, 3.05) is 25.5 Å². The Morgan fingerprint density at radius 1 is 1.18 bits per heavy atom. The number of carbonyl (C=O) groups excluding carboxylic acids is 1. The molecule has 0 spiro atoms. The van der Waals surface area contributed by atoms with E-state index in [-0.39, 0.29) is 6.03 Å². The van der Waals surface area contributed by atoms with Crippen LogP contribution in [0.3, 0.4) is 0 Å². The van der Waals surface area contributed by atoms with E-state index in [0.717, 1.165) is 54.2 Å². The molecule has 146 valence electrons. The maximum absolute atomic E-state index is 12.6. The number of aryl methyl sites for hydroxylation is 2. The molecular formula is C22H26N4O2. The number of aromatic amines is 1. The van der Waals surface area contributed by atoms with Crippen LogP contribution >= 0.6 is 0 Å². The molecule has 2 N–H and O–H groups in total. The van der Waals surface area contributed by atoms with Crippen molar-refractivity contribution in [2.45, 2.75) is 32.6 Å². The van der Waals surface area contributed by atoms with Gasteiger partial charge in [0, 0.05) is 30.8 Å². The third kappa shape index (κ3) is 3.67. The first-order valence-electron chi connectivity index (χ1n) is 9.70. The van der Waals surface area contributed by atoms with Crippen molar-refractivity contribution in [1.29, 1.82) is 0 Å². The van der Waals surface area contributed by atoms with Crippen molar-refractivity contribution in [2.24, 2.45) is 0 Å². The highest BCUT2D eigenvalue weighted by Gasteiger charge is 2.26. The number of anilines is 1. The average molecular weight is 378 g/mol. The maximum atomic E-state index is 12.6. The number of rotatable bonds is 3. The zero-order chi connectivity index (χ0) is 19.7. The molecule has 0 aliphatic carbocycles. The zero-order valence-electron chi connectivity index (χ0n) is 16.6. The van der Waals surface area contributed by atoms with Crippen LogP contribution in [0, 0.1) is 13.8 Å². The van der Waals surface area contributed by atoms with Crippen molar-refractivity contribution in [3.63, 3.8) is 0 Å². The highest BCUT2D eigenvalue weighted by Crippen LogP contribution is 2.29. The van der Waals surface area contributed by atoms with Gasteiger partial charge in [-0.15, -0.1) is 0 Å². The normalized spacial score (nSPS) is 15.0. The molecule has 1 fully saturated rings. The second-order valence-corrected chi connectivity index (χ2v) is 7.50. The second kappa shape index (κ2) is 7.54. The molecule has 0 bridgehead atoms. The summed E-state index contributed by atoms with van der Waals surface area (Å²) in [7, 11) is 1.62. The van der Waals surface area contributed by atoms with E-state index >= 15 is 0 Å². The third-order valence-corrected chi connectivity index (χ3v) is 5.61. The number of nitrogens with one attached hydrogen (secondary N) is 2. The van der Waals surface area contributed by atoms with E-state index in [2.05, 4.69) is 36.3 Å². The Kier molecular flexibility index (Phi) is 4.94. The summed E-state index contributed by atoms with van der Waals surface area (Å²) in [5.41, 5.74) is 5.39. The Morgan fingerprint density at radius 3 is 2.68 bits per heavy atom. The first kappa shape index (κ1) is 18.3. The number of imidazole rings is 1. The fourth-order valence-corrected chi connectivity index (χ4v) is 3.74. The molecule has 2 heterocycles. The molecular weight excluding hydrogens is 352 g/mol. The van der Waals surface area contributed by atoms with Gasteiger partial charge >= 0.3 is 6.03 Å². The number of amides is 2. The number of methoxy groups -OCH3 is 1. The lowest BCUT2D eigenvalue weighted by molar-refractivity contribution is 0.193. The van der Waals surface area contributed by atoms with Crippen molar-refractivity contribution in [1.82, 2.24) is 14.9 Å². The third-order valence-electron chi connectivity index (χ3n) is 5.61. The van der Waals surface area contributed by atoms with Gasteiger partial charge in [0.1, 0.15) is 11.6 Å². The van der Waals surface area contributed by atoms with Gasteiger partial charge in [-0.05, 0) is 62.1 Å². The molecule has 4 rings (SSSR count). The Labute approximate surface area is 164 Å². The number of nitrogens with zero attached hydrogens (tertiary/aromatic N) is 2. The lowest BCUT2D eigenvalue weighted by Crippen LogP contribution is -2.40. The minimum Gasteiger partial charge on any atom is -0.497 e. The first-order chi connectivity index (χ1) is 13.5. The summed E-state index contributed by atoms with van der Waals surface area (Å²) in [6, 6.07) is 11.7. The first-order valence-corrected chi connectivity index (χ1v) is 9.70. The van der Waals surface area contributed by atoms with Crippen LogP contribution in [0.2, 0.25) is 0 Å². The van der Waals surface area contributed by atoms with Crippen molar-refractivity contribution in [3.05, 3.63) is 53.3 Å². The number of benzene rings is 2. The second-order valence-electron chi connectivity index (χ2n) is 7.50. The smallest absolute Gasteiger partial charge is 0.321 e. The van der Waals surface area contributed by atoms with E-state index in [1.165, 1.54) is 11.1 Å². The van der Waals surface area contributed by atoms with Crippen LogP contribution < -0.4 is 10.1 Å². The van der Waals surface area contributed by atoms with Gasteiger partial charge in [-0.1, -0.05) is 6.07 Å². The summed E-state index contributed by atoms with van der Waals surface area (Å²) in [6.07, 6.45) is 1.81. The van der Waals surface area contributed by atoms with Crippen molar-refractivity contribution >= 4 is 22.8 Å². The Hall–Kier alpha value is -3.02. The summed E-state index contributed by atoms with van der Waals surface area (Å²) >= 11 is 0. The Bertz CT molecular complexity index is 964. The number of piperidine rings is 1. The molecule has 1 saturated heterocycles. The quantitative estimate of drug-likeness (QED) is 0.700. The Morgan fingerprint density at radius 2 is 1.93 bits per heavy atom. The molecule has 1 aliphatic rings. The number of likely N-dealkylation sites (tertiary alicyclic amines) is 1. The molecule has 2 amide bonds. The predicted molar refractivity (Wildman–Crippen MR) is 111 cm³/mol. The summed E-state index contributed by atoms with van der Waals surface area (Å²) in [4.78, 5) is 22.7. The number of ether oxygens (including phenoxy) is 1. The maximum Gasteiger partial charge on any atom is 0.321 e. The monoisotopic (exact) mass is 378 g/mol. The lowest BCUT2D eigenvalue weighted by atomic mass is 9.96. The van der Waals surface area contributed by atoms with Gasteiger partial charge in [0.2, 0.25) is 0 Å². The van der Waals surface area contributed by atoms with Crippen LogP contribution in [0.15, 0.2) is 36.4 Å². The minimum absolute atomic E-state index is 0.0671. The van der Waals surface area contributed by atoms with Crippen LogP contribution in [0.5, 0.6) is 5.75 Å². The van der Waals surface area contributed by atoms with Crippen LogP contribution in [0.25, 0.3) is 11.0 Å². The summed E-state index contributed by atoms with van der Waals surface area (Å²) in [6.45, 7) is 5.67. The number of hydrogen-bond acceptors (Lipinski definition) is 3. The predicted octanol–water partition coefficient (Wildman–Crippen LogP) is 4.60. The van der Waals surface area contributed by atoms with E-state index in [1.807, 2.05) is 29.2 Å². The van der Waals surface area contributed by atoms with Gasteiger partial charge in [-0.25, -0.2) is 9.78 Å². The standard InChI is InChI=1S/C22H26N4O2/c1-14-11-19-20(12-15(14)2)25-21(24-19)16-7-9-26(10-8-16)22(27)23-17-5-4-6-18(13-17)28-3/h4-6,11-13,16H,7-10H2,1-3H3,(H,23,27)(H,24,25). The molecule has 3 aromatic rings. The van der Waals surface area contributed by atoms with Crippen LogP contribution in [0.1, 0.15) is 35.7 Å². The molecule has 28 heavy (non-hydrogen) atoms. The van der Waals surface area contributed by atoms with Gasteiger partial charge in [0.05, 0.1) is 18.1 Å². The van der Waals surface area contributed by atoms with Crippen LogP contribution in [-0.2, 0) is 0 Å². The van der Waals surface area contributed by atoms with Gasteiger partial charge < -0.3 is 19.9 Å².